The van der Waals surface area contributed by atoms with Gasteiger partial charge in [0.05, 0.1) is 88.3 Å². The number of aliphatic imine (C=N–C) groups is 2. The molecule has 4 aliphatic rings. The van der Waals surface area contributed by atoms with Gasteiger partial charge in [-0.3, -0.25) is 109 Å². The zero-order valence-corrected chi connectivity index (χ0v) is 83.5. The Hall–Kier alpha value is -9.81. The number of hydrazine groups is 2. The number of hydrogen-bond acceptors (Lipinski definition) is 30. The van der Waals surface area contributed by atoms with E-state index >= 15 is 0 Å². The second-order valence-corrected chi connectivity index (χ2v) is 41.5. The van der Waals surface area contributed by atoms with E-state index in [0.29, 0.717) is 53.2 Å². The first kappa shape index (κ1) is 111. The lowest BCUT2D eigenvalue weighted by molar-refractivity contribution is -0.162. The van der Waals surface area contributed by atoms with E-state index in [2.05, 4.69) is 66.6 Å². The second-order valence-electron chi connectivity index (χ2n) is 41.5. The third-order valence-corrected chi connectivity index (χ3v) is 20.1. The van der Waals surface area contributed by atoms with Crippen molar-refractivity contribution in [3.63, 3.8) is 0 Å². The molecule has 728 valence electrons. The van der Waals surface area contributed by atoms with Gasteiger partial charge in [0.1, 0.15) is 56.5 Å². The van der Waals surface area contributed by atoms with Gasteiger partial charge in [0.15, 0.2) is 0 Å². The van der Waals surface area contributed by atoms with Crippen molar-refractivity contribution in [1.82, 2.24) is 61.4 Å². The van der Waals surface area contributed by atoms with E-state index in [1.54, 1.807) is 186 Å². The van der Waals surface area contributed by atoms with Crippen molar-refractivity contribution >= 4 is 88.9 Å². The number of amides is 4. The maximum absolute atomic E-state index is 14.4. The fourth-order valence-corrected chi connectivity index (χ4v) is 14.8. The molecule has 8 bridgehead atoms. The van der Waals surface area contributed by atoms with Gasteiger partial charge >= 0.3 is 47.8 Å². The van der Waals surface area contributed by atoms with Crippen molar-refractivity contribution in [3.8, 4) is 0 Å². The lowest BCUT2D eigenvalue weighted by Crippen LogP contribution is -2.50. The molecule has 0 aromatic carbocycles. The van der Waals surface area contributed by atoms with Crippen LogP contribution in [0, 0.1) is 5.41 Å². The molecule has 5 rings (SSSR count). The van der Waals surface area contributed by atoms with Gasteiger partial charge in [-0.1, -0.05) is 34.6 Å². The number of hydrogen-bond donors (Lipinski definition) is 6. The van der Waals surface area contributed by atoms with Gasteiger partial charge in [-0.25, -0.2) is 15.0 Å². The van der Waals surface area contributed by atoms with Crippen LogP contribution in [-0.4, -0.2) is 286 Å². The van der Waals surface area contributed by atoms with E-state index in [4.69, 9.17) is 52.9 Å². The molecule has 5 heterocycles. The number of rotatable bonds is 42. The van der Waals surface area contributed by atoms with Crippen LogP contribution >= 0.6 is 0 Å². The highest BCUT2D eigenvalue weighted by Gasteiger charge is 2.44. The quantitative estimate of drug-likeness (QED) is 0.0206. The van der Waals surface area contributed by atoms with E-state index in [0.717, 1.165) is 45.2 Å². The Morgan fingerprint density at radius 3 is 1.00 bits per heavy atom. The number of carbonyl (C=O) groups excluding carboxylic acids is 12. The monoisotopic (exact) mass is 1820 g/mol. The standard InChI is InChI=1S/C95H153N15O20/c1-31-64-65(32-2)85-98-70(64)48-63-47-62(35-37-73(111)101-103-75(113)51-105(39-43-107(53-77(115)123-87(6,7)8)54-78(116)124-88(9,10)11)40-44-108(55-79(117)125-89(12,13)14)56-80(118)126-90(15,16)17)69(96-63)50-71-66(61(5)68(97-71)49-72-67(33-3)95(30,34-4)86(99-72)100-85)36-38-74(112)102-104-76(114)52-106(41-45-109(57-81(119)127-91(18,19)20)58-82(120)128-92(21,22)23)42-46-110(59-83(121)129-93(24,25)26)60-84(122)130-94(27,28)29/h47-50,86,99H,31-46,51-60H2,1-30H3,(H,98,100)(H,101,111)(H,102,112)(H,103,113)(H,104,114). The smallest absolute Gasteiger partial charge is 0.320 e. The fraction of sp³-hybridized carbons (Fsp3) is 0.695. The highest BCUT2D eigenvalue weighted by molar-refractivity contribution is 6.21. The predicted octanol–water partition coefficient (Wildman–Crippen LogP) is 7.88. The number of nitrogens with one attached hydrogen (secondary N) is 6. The van der Waals surface area contributed by atoms with Crippen molar-refractivity contribution in [2.75, 3.05) is 118 Å². The summed E-state index contributed by atoms with van der Waals surface area (Å²) in [6.07, 6.45) is 10.0. The summed E-state index contributed by atoms with van der Waals surface area (Å²) in [7, 11) is 0. The molecule has 0 aliphatic carbocycles. The van der Waals surface area contributed by atoms with E-state index < -0.39 is 122 Å². The summed E-state index contributed by atoms with van der Waals surface area (Å²) in [6.45, 7) is 50.8. The number of aromatic amines is 1. The van der Waals surface area contributed by atoms with Crippen molar-refractivity contribution in [2.24, 2.45) is 20.4 Å². The minimum absolute atomic E-state index is 0.0179. The molecule has 2 unspecified atom stereocenters. The molecule has 0 saturated heterocycles. The van der Waals surface area contributed by atoms with Gasteiger partial charge in [-0.05, 0) is 269 Å². The molecule has 0 spiro atoms. The number of esters is 8. The van der Waals surface area contributed by atoms with Crippen LogP contribution in [0.2, 0.25) is 0 Å². The van der Waals surface area contributed by atoms with E-state index in [-0.39, 0.29) is 150 Å². The Morgan fingerprint density at radius 1 is 0.377 bits per heavy atom. The normalized spacial score (nSPS) is 16.3. The Bertz CT molecular complexity index is 4330. The molecule has 1 aromatic rings. The Kier molecular flexibility index (Phi) is 40.5. The molecule has 35 heteroatoms. The predicted molar refractivity (Wildman–Crippen MR) is 496 cm³/mol. The molecule has 1 aromatic heterocycles. The summed E-state index contributed by atoms with van der Waals surface area (Å²) >= 11 is 0. The maximum Gasteiger partial charge on any atom is 0.320 e. The lowest BCUT2D eigenvalue weighted by atomic mass is 9.77. The van der Waals surface area contributed by atoms with Gasteiger partial charge in [0.25, 0.3) is 11.8 Å². The second kappa shape index (κ2) is 47.5. The zero-order valence-electron chi connectivity index (χ0n) is 83.5. The molecule has 35 nitrogen and oxygen atoms in total. The van der Waals surface area contributed by atoms with Crippen LogP contribution < -0.4 is 37.9 Å². The Labute approximate surface area is 769 Å². The molecule has 0 radical (unpaired) electrons. The third kappa shape index (κ3) is 40.9. The molecule has 130 heavy (non-hydrogen) atoms. The Balaban J connectivity index is 1.52. The third-order valence-electron chi connectivity index (χ3n) is 20.1. The first-order valence-electron chi connectivity index (χ1n) is 45.4. The van der Waals surface area contributed by atoms with Gasteiger partial charge in [0.2, 0.25) is 11.8 Å². The van der Waals surface area contributed by atoms with E-state index in [9.17, 15) is 57.5 Å². The highest BCUT2D eigenvalue weighted by Crippen LogP contribution is 2.45. The Morgan fingerprint density at radius 2 is 0.692 bits per heavy atom. The van der Waals surface area contributed by atoms with Crippen molar-refractivity contribution < 1.29 is 95.4 Å². The number of nitrogens with zero attached hydrogens (tertiary/aromatic N) is 9. The average molecular weight is 1830 g/mol. The highest BCUT2D eigenvalue weighted by atomic mass is 16.6. The van der Waals surface area contributed by atoms with Crippen LogP contribution in [0.15, 0.2) is 72.6 Å². The van der Waals surface area contributed by atoms with Crippen LogP contribution in [0.25, 0.3) is 6.08 Å². The van der Waals surface area contributed by atoms with Crippen molar-refractivity contribution in [2.45, 2.75) is 310 Å². The number of fused-ring (bicyclic) bond motifs is 6. The first-order valence-corrected chi connectivity index (χ1v) is 45.4. The molecule has 2 atom stereocenters. The number of ether oxygens (including phenoxy) is 8. The minimum atomic E-state index is -0.856. The van der Waals surface area contributed by atoms with Crippen LogP contribution in [-0.2, 0) is 108 Å². The number of carbonyl (C=O) groups is 12. The summed E-state index contributed by atoms with van der Waals surface area (Å²) < 4.78 is 45.2. The summed E-state index contributed by atoms with van der Waals surface area (Å²) in [5, 5.41) is 4.61. The van der Waals surface area contributed by atoms with Crippen LogP contribution in [0.1, 0.15) is 257 Å². The largest absolute Gasteiger partial charge is 0.459 e. The van der Waals surface area contributed by atoms with Crippen LogP contribution in [0.4, 0.5) is 0 Å². The molecule has 4 aliphatic heterocycles. The fourth-order valence-electron chi connectivity index (χ4n) is 14.8. The SMILES string of the molecule is CCC1=C2C=C3N=C(C=C4N=C(C=C4CCC(=O)NNC(=O)CN(CCN(CC(=O)OC(C)(C)C)CC(=O)OC(C)(C)C)CCN(CC(=O)OC(C)(C)C)CC(=O)OC(C)(C)C)C=c4[nH]c(c(CC)c4CC)=NC(N2)C1(C)CC)C(CCC(=O)NNC(=O)CN(CCN(CC(=O)OC(C)(C)C)CC(=O)OC(C)(C)C)CCN(CC(=O)OC(C)(C)C)CC(=O)OC(C)(C)C)=C3C. The number of aromatic nitrogens is 1. The minimum Gasteiger partial charge on any atom is -0.459 e. The van der Waals surface area contributed by atoms with E-state index in [1.165, 1.54) is 9.80 Å². The molecule has 0 fully saturated rings. The maximum atomic E-state index is 14.4. The molecule has 6 N–H and O–H groups in total. The van der Waals surface area contributed by atoms with Crippen molar-refractivity contribution in [3.05, 3.63) is 79.6 Å². The summed E-state index contributed by atoms with van der Waals surface area (Å²) in [5.41, 5.74) is 12.1. The molecular formula is C95H153N15O20. The topological polar surface area (TPSA) is 411 Å². The van der Waals surface area contributed by atoms with Gasteiger partial charge in [-0.2, -0.15) is 0 Å². The van der Waals surface area contributed by atoms with Gasteiger partial charge in [0, 0.05) is 81.7 Å². The van der Waals surface area contributed by atoms with Gasteiger partial charge < -0.3 is 48.2 Å². The summed E-state index contributed by atoms with van der Waals surface area (Å²) in [6, 6.07) is 0. The molecule has 4 amide bonds. The average Bonchev–Trinajstić information content (AvgIpc) is 1.60. The number of allylic oxidation sites excluding steroid dienone is 6. The summed E-state index contributed by atoms with van der Waals surface area (Å²) in [4.78, 5) is 194. The summed E-state index contributed by atoms with van der Waals surface area (Å²) in [5.74, 6) is -7.37. The molecule has 0 saturated carbocycles. The molecular weight excluding hydrogens is 1670 g/mol. The number of H-pyrrole nitrogens is 1. The van der Waals surface area contributed by atoms with Gasteiger partial charge in [-0.15, -0.1) is 0 Å². The van der Waals surface area contributed by atoms with E-state index in [1.807, 2.05) is 31.2 Å². The van der Waals surface area contributed by atoms with Crippen molar-refractivity contribution in [1.29, 1.82) is 0 Å². The van der Waals surface area contributed by atoms with Crippen LogP contribution in [0.5, 0.6) is 0 Å². The first-order chi connectivity index (χ1) is 59.8. The zero-order chi connectivity index (χ0) is 98.2. The van der Waals surface area contributed by atoms with Crippen LogP contribution in [0.3, 0.4) is 0 Å². The lowest BCUT2D eigenvalue weighted by Gasteiger charge is -2.30.